The molecule has 0 saturated carbocycles. The average molecular weight is 399 g/mol. The molecule has 1 aliphatic heterocycles. The second-order valence-corrected chi connectivity index (χ2v) is 7.29. The molecule has 2 rings (SSSR count). The summed E-state index contributed by atoms with van der Waals surface area (Å²) in [5, 5.41) is 3.23. The normalized spacial score (nSPS) is 15.2. The number of hydrogen-bond donors (Lipinski definition) is 1. The fourth-order valence-electron chi connectivity index (χ4n) is 3.02. The fourth-order valence-corrected chi connectivity index (χ4v) is 3.24. The monoisotopic (exact) mass is 398 g/mol. The Morgan fingerprint density at radius 1 is 1.26 bits per heavy atom. The lowest BCUT2D eigenvalue weighted by Crippen LogP contribution is -2.52. The van der Waals surface area contributed by atoms with E-state index in [4.69, 9.17) is 11.6 Å². The lowest BCUT2D eigenvalue weighted by molar-refractivity contribution is -0.134. The van der Waals surface area contributed by atoms with Crippen LogP contribution < -0.4 is 5.32 Å². The molecule has 0 unspecified atom stereocenters. The van der Waals surface area contributed by atoms with E-state index in [1.165, 1.54) is 6.07 Å². The van der Waals surface area contributed by atoms with E-state index in [-0.39, 0.29) is 30.7 Å². The van der Waals surface area contributed by atoms with Gasteiger partial charge in [0, 0.05) is 49.9 Å². The molecule has 0 spiro atoms. The Balaban J connectivity index is 1.76. The van der Waals surface area contributed by atoms with Crippen LogP contribution in [0.25, 0.3) is 0 Å². The quantitative estimate of drug-likeness (QED) is 0.722. The third-order valence-corrected chi connectivity index (χ3v) is 4.91. The van der Waals surface area contributed by atoms with Crippen molar-refractivity contribution in [3.05, 3.63) is 34.6 Å². The first-order valence-electron chi connectivity index (χ1n) is 9.29. The van der Waals surface area contributed by atoms with Crippen LogP contribution in [0.4, 0.5) is 4.39 Å². The average Bonchev–Trinajstić information content (AvgIpc) is 2.63. The smallest absolute Gasteiger partial charge is 0.236 e. The molecule has 1 fully saturated rings. The van der Waals surface area contributed by atoms with Crippen molar-refractivity contribution in [2.24, 2.45) is 0 Å². The summed E-state index contributed by atoms with van der Waals surface area (Å²) in [6.07, 6.45) is 0.916. The summed E-state index contributed by atoms with van der Waals surface area (Å²) >= 11 is 6.05. The van der Waals surface area contributed by atoms with E-state index < -0.39 is 0 Å². The molecule has 2 amide bonds. The van der Waals surface area contributed by atoms with Gasteiger partial charge in [0.1, 0.15) is 5.82 Å². The number of rotatable bonds is 8. The molecule has 27 heavy (non-hydrogen) atoms. The predicted octanol–water partition coefficient (Wildman–Crippen LogP) is 1.58. The van der Waals surface area contributed by atoms with E-state index in [1.54, 1.807) is 29.0 Å². The zero-order chi connectivity index (χ0) is 19.8. The Morgan fingerprint density at radius 2 is 1.96 bits per heavy atom. The van der Waals surface area contributed by atoms with Gasteiger partial charge in [-0.25, -0.2) is 4.39 Å². The molecular weight excluding hydrogens is 371 g/mol. The summed E-state index contributed by atoms with van der Waals surface area (Å²) in [5.74, 6) is -0.338. The molecule has 0 aliphatic carbocycles. The molecule has 1 N–H and O–H groups in total. The van der Waals surface area contributed by atoms with Crippen LogP contribution in [0.1, 0.15) is 18.9 Å². The number of halogens is 2. The van der Waals surface area contributed by atoms with Crippen LogP contribution >= 0.6 is 11.6 Å². The van der Waals surface area contributed by atoms with Gasteiger partial charge in [-0.1, -0.05) is 24.6 Å². The highest BCUT2D eigenvalue weighted by molar-refractivity contribution is 6.31. The van der Waals surface area contributed by atoms with Crippen LogP contribution in [-0.4, -0.2) is 79.4 Å². The molecule has 0 radical (unpaired) electrons. The zero-order valence-corrected chi connectivity index (χ0v) is 16.8. The number of benzene rings is 1. The molecule has 1 aromatic rings. The Hall–Kier alpha value is -1.70. The highest BCUT2D eigenvalue weighted by atomic mass is 35.5. The number of nitrogens with zero attached hydrogens (tertiary/aromatic N) is 3. The van der Waals surface area contributed by atoms with Crippen LogP contribution in [-0.2, 0) is 16.1 Å². The van der Waals surface area contributed by atoms with Gasteiger partial charge in [0.15, 0.2) is 0 Å². The number of amides is 2. The summed E-state index contributed by atoms with van der Waals surface area (Å²) < 4.78 is 13.9. The van der Waals surface area contributed by atoms with Crippen LogP contribution in [0, 0.1) is 5.82 Å². The van der Waals surface area contributed by atoms with Gasteiger partial charge in [-0.3, -0.25) is 19.4 Å². The number of hydrogen-bond acceptors (Lipinski definition) is 4. The molecular formula is C19H28ClFN4O2. The predicted molar refractivity (Wildman–Crippen MR) is 104 cm³/mol. The Bertz CT molecular complexity index is 630. The fraction of sp³-hybridized carbons (Fsp3) is 0.579. The van der Waals surface area contributed by atoms with E-state index in [0.717, 1.165) is 6.42 Å². The van der Waals surface area contributed by atoms with Crippen molar-refractivity contribution in [3.63, 3.8) is 0 Å². The molecule has 8 heteroatoms. The van der Waals surface area contributed by atoms with Gasteiger partial charge in [-0.2, -0.15) is 0 Å². The minimum Gasteiger partial charge on any atom is -0.355 e. The van der Waals surface area contributed by atoms with E-state index in [1.807, 2.05) is 6.92 Å². The number of piperazine rings is 1. The Labute approximate surface area is 165 Å². The van der Waals surface area contributed by atoms with Crippen LogP contribution in [0.2, 0.25) is 5.02 Å². The molecule has 0 bridgehead atoms. The van der Waals surface area contributed by atoms with Crippen molar-refractivity contribution in [3.8, 4) is 0 Å². The minimum absolute atomic E-state index is 0.0000428. The largest absolute Gasteiger partial charge is 0.355 e. The van der Waals surface area contributed by atoms with Crippen molar-refractivity contribution in [1.82, 2.24) is 20.0 Å². The van der Waals surface area contributed by atoms with Crippen molar-refractivity contribution < 1.29 is 14.0 Å². The molecule has 0 atom stereocenters. The molecule has 1 heterocycles. The molecule has 0 aromatic heterocycles. The lowest BCUT2D eigenvalue weighted by atomic mass is 10.2. The first-order chi connectivity index (χ1) is 12.9. The zero-order valence-electron chi connectivity index (χ0n) is 16.0. The number of likely N-dealkylation sites (N-methyl/N-ethyl adjacent to an activating group) is 1. The van der Waals surface area contributed by atoms with Crippen molar-refractivity contribution in [2.75, 3.05) is 52.9 Å². The summed E-state index contributed by atoms with van der Waals surface area (Å²) in [4.78, 5) is 29.9. The van der Waals surface area contributed by atoms with Crippen LogP contribution in [0.3, 0.4) is 0 Å². The first-order valence-corrected chi connectivity index (χ1v) is 9.66. The van der Waals surface area contributed by atoms with Gasteiger partial charge in [0.2, 0.25) is 11.8 Å². The molecule has 6 nitrogen and oxygen atoms in total. The Kier molecular flexibility index (Phi) is 8.47. The number of carbonyl (C=O) groups excluding carboxylic acids is 2. The maximum absolute atomic E-state index is 13.9. The minimum atomic E-state index is -0.364. The van der Waals surface area contributed by atoms with Crippen molar-refractivity contribution in [2.45, 2.75) is 19.9 Å². The summed E-state index contributed by atoms with van der Waals surface area (Å²) in [6, 6.07) is 4.58. The van der Waals surface area contributed by atoms with Gasteiger partial charge in [0.25, 0.3) is 0 Å². The molecule has 1 aliphatic rings. The van der Waals surface area contributed by atoms with Crippen LogP contribution in [0.5, 0.6) is 0 Å². The summed E-state index contributed by atoms with van der Waals surface area (Å²) in [5.41, 5.74) is 0.400. The third kappa shape index (κ3) is 6.75. The maximum atomic E-state index is 13.9. The summed E-state index contributed by atoms with van der Waals surface area (Å²) in [6.45, 7) is 6.08. The lowest BCUT2D eigenvalue weighted by Gasteiger charge is -2.35. The van der Waals surface area contributed by atoms with E-state index in [0.29, 0.717) is 49.9 Å². The first kappa shape index (κ1) is 21.6. The van der Waals surface area contributed by atoms with Crippen molar-refractivity contribution >= 4 is 23.4 Å². The van der Waals surface area contributed by atoms with E-state index in [9.17, 15) is 14.0 Å². The van der Waals surface area contributed by atoms with E-state index >= 15 is 0 Å². The topological polar surface area (TPSA) is 55.9 Å². The van der Waals surface area contributed by atoms with Gasteiger partial charge < -0.3 is 10.2 Å². The van der Waals surface area contributed by atoms with Crippen molar-refractivity contribution in [1.29, 1.82) is 0 Å². The van der Waals surface area contributed by atoms with Gasteiger partial charge in [-0.05, 0) is 25.6 Å². The maximum Gasteiger partial charge on any atom is 0.236 e. The SMILES string of the molecule is CCCNC(=O)CN1CCN(C(=O)CN(C)Cc2c(F)cccc2Cl)CC1. The van der Waals surface area contributed by atoms with Gasteiger partial charge in [0.05, 0.1) is 13.1 Å². The third-order valence-electron chi connectivity index (χ3n) is 4.56. The second kappa shape index (κ2) is 10.6. The Morgan fingerprint density at radius 3 is 2.59 bits per heavy atom. The van der Waals surface area contributed by atoms with Gasteiger partial charge in [-0.15, -0.1) is 0 Å². The second-order valence-electron chi connectivity index (χ2n) is 6.88. The molecule has 150 valence electrons. The van der Waals surface area contributed by atoms with Gasteiger partial charge >= 0.3 is 0 Å². The standard InChI is InChI=1S/C19H28ClFN4O2/c1-3-7-22-18(26)13-24-8-10-25(11-9-24)19(27)14-23(2)12-15-16(20)5-4-6-17(15)21/h4-6H,3,7-14H2,1-2H3,(H,22,26). The molecule has 1 saturated heterocycles. The number of nitrogens with one attached hydrogen (secondary N) is 1. The number of carbonyl (C=O) groups is 2. The highest BCUT2D eigenvalue weighted by Gasteiger charge is 2.23. The molecule has 1 aromatic carbocycles. The van der Waals surface area contributed by atoms with E-state index in [2.05, 4.69) is 10.2 Å². The highest BCUT2D eigenvalue weighted by Crippen LogP contribution is 2.20. The van der Waals surface area contributed by atoms with Crippen LogP contribution in [0.15, 0.2) is 18.2 Å². The summed E-state index contributed by atoms with van der Waals surface area (Å²) in [7, 11) is 1.77.